The number of halogens is 3. The first kappa shape index (κ1) is 15.3. The second-order valence-corrected chi connectivity index (χ2v) is 5.06. The summed E-state index contributed by atoms with van der Waals surface area (Å²) in [5.41, 5.74) is 1.12. The Morgan fingerprint density at radius 1 is 1.10 bits per heavy atom. The van der Waals surface area contributed by atoms with Crippen molar-refractivity contribution in [2.45, 2.75) is 13.8 Å². The summed E-state index contributed by atoms with van der Waals surface area (Å²) in [7, 11) is 0. The summed E-state index contributed by atoms with van der Waals surface area (Å²) in [6.07, 6.45) is 0. The summed E-state index contributed by atoms with van der Waals surface area (Å²) < 4.78 is 27.0. The summed E-state index contributed by atoms with van der Waals surface area (Å²) in [5, 5.41) is 11.6. The molecule has 2 N–H and O–H groups in total. The maximum Gasteiger partial charge on any atom is 0.258 e. The molecule has 0 spiro atoms. The number of aromatic hydroxyl groups is 1. The predicted molar refractivity (Wildman–Crippen MR) is 76.9 cm³/mol. The van der Waals surface area contributed by atoms with Gasteiger partial charge in [-0.05, 0) is 49.2 Å². The van der Waals surface area contributed by atoms with Gasteiger partial charge in [-0.15, -0.1) is 0 Å². The normalized spacial score (nSPS) is 10.5. The first-order valence-electron chi connectivity index (χ1n) is 6.05. The summed E-state index contributed by atoms with van der Waals surface area (Å²) in [6.45, 7) is 3.33. The molecule has 0 unspecified atom stereocenters. The van der Waals surface area contributed by atoms with Crippen LogP contribution < -0.4 is 5.32 Å². The number of carbonyl (C=O) groups excluding carboxylic acids is 1. The molecule has 0 fully saturated rings. The van der Waals surface area contributed by atoms with Gasteiger partial charge in [-0.1, -0.05) is 11.6 Å². The standard InChI is InChI=1S/C15H12ClF2NO2/c1-7-4-14(20)8(2)3-13(7)19-15(21)9-5-12(18)10(16)6-11(9)17/h3-6,20H,1-2H3,(H,19,21). The Labute approximate surface area is 125 Å². The fraction of sp³-hybridized carbons (Fsp3) is 0.133. The molecule has 2 aromatic rings. The zero-order valence-electron chi connectivity index (χ0n) is 11.3. The molecule has 0 aliphatic heterocycles. The van der Waals surface area contributed by atoms with Gasteiger partial charge in [0.2, 0.25) is 0 Å². The number of carbonyl (C=O) groups is 1. The molecule has 0 saturated carbocycles. The van der Waals surface area contributed by atoms with Crippen LogP contribution in [0, 0.1) is 25.5 Å². The van der Waals surface area contributed by atoms with Gasteiger partial charge in [-0.25, -0.2) is 8.78 Å². The third-order valence-electron chi connectivity index (χ3n) is 3.05. The van der Waals surface area contributed by atoms with Gasteiger partial charge in [-0.3, -0.25) is 4.79 Å². The van der Waals surface area contributed by atoms with E-state index in [1.807, 2.05) is 0 Å². The van der Waals surface area contributed by atoms with Gasteiger partial charge in [-0.2, -0.15) is 0 Å². The van der Waals surface area contributed by atoms with E-state index in [4.69, 9.17) is 11.6 Å². The Kier molecular flexibility index (Phi) is 4.14. The second-order valence-electron chi connectivity index (χ2n) is 4.65. The Hall–Kier alpha value is -2.14. The predicted octanol–water partition coefficient (Wildman–Crippen LogP) is 4.19. The summed E-state index contributed by atoms with van der Waals surface area (Å²) in [5.74, 6) is -2.49. The third-order valence-corrected chi connectivity index (χ3v) is 3.34. The lowest BCUT2D eigenvalue weighted by molar-refractivity contribution is 0.102. The molecule has 3 nitrogen and oxygen atoms in total. The molecule has 110 valence electrons. The number of phenols is 1. The van der Waals surface area contributed by atoms with Crippen molar-refractivity contribution in [2.24, 2.45) is 0 Å². The number of amides is 1. The first-order chi connectivity index (χ1) is 9.79. The van der Waals surface area contributed by atoms with Gasteiger partial charge in [0.1, 0.15) is 17.4 Å². The number of hydrogen-bond acceptors (Lipinski definition) is 2. The van der Waals surface area contributed by atoms with Crippen LogP contribution in [0.25, 0.3) is 0 Å². The van der Waals surface area contributed by atoms with Crippen molar-refractivity contribution < 1.29 is 18.7 Å². The molecule has 0 radical (unpaired) electrons. The van der Waals surface area contributed by atoms with Crippen LogP contribution in [-0.2, 0) is 0 Å². The fourth-order valence-corrected chi connectivity index (χ4v) is 1.97. The number of benzene rings is 2. The van der Waals surface area contributed by atoms with Crippen molar-refractivity contribution in [1.82, 2.24) is 0 Å². The van der Waals surface area contributed by atoms with Crippen LogP contribution in [0.1, 0.15) is 21.5 Å². The lowest BCUT2D eigenvalue weighted by atomic mass is 10.1. The monoisotopic (exact) mass is 311 g/mol. The van der Waals surface area contributed by atoms with Crippen LogP contribution in [0.5, 0.6) is 5.75 Å². The van der Waals surface area contributed by atoms with E-state index in [1.165, 1.54) is 6.07 Å². The average molecular weight is 312 g/mol. The van der Waals surface area contributed by atoms with E-state index in [-0.39, 0.29) is 10.8 Å². The van der Waals surface area contributed by atoms with Crippen LogP contribution in [-0.4, -0.2) is 11.0 Å². The minimum absolute atomic E-state index is 0.0919. The molecule has 0 saturated heterocycles. The van der Waals surface area contributed by atoms with Gasteiger partial charge in [0, 0.05) is 5.69 Å². The van der Waals surface area contributed by atoms with Crippen molar-refractivity contribution in [3.63, 3.8) is 0 Å². The lowest BCUT2D eigenvalue weighted by Crippen LogP contribution is -2.15. The maximum atomic E-state index is 13.7. The van der Waals surface area contributed by atoms with Gasteiger partial charge >= 0.3 is 0 Å². The van der Waals surface area contributed by atoms with E-state index >= 15 is 0 Å². The summed E-state index contributed by atoms with van der Waals surface area (Å²) in [4.78, 5) is 12.0. The topological polar surface area (TPSA) is 49.3 Å². The molecule has 0 atom stereocenters. The summed E-state index contributed by atoms with van der Waals surface area (Å²) in [6, 6.07) is 4.52. The minimum Gasteiger partial charge on any atom is -0.508 e. The highest BCUT2D eigenvalue weighted by Gasteiger charge is 2.16. The molecular formula is C15H12ClF2NO2. The van der Waals surface area contributed by atoms with Crippen LogP contribution >= 0.6 is 11.6 Å². The van der Waals surface area contributed by atoms with Crippen molar-refractivity contribution in [3.05, 3.63) is 57.6 Å². The van der Waals surface area contributed by atoms with E-state index in [9.17, 15) is 18.7 Å². The van der Waals surface area contributed by atoms with E-state index in [1.54, 1.807) is 19.9 Å². The van der Waals surface area contributed by atoms with Crippen LogP contribution in [0.2, 0.25) is 5.02 Å². The van der Waals surface area contributed by atoms with Crippen LogP contribution in [0.4, 0.5) is 14.5 Å². The Balaban J connectivity index is 2.35. The average Bonchev–Trinajstić information content (AvgIpc) is 2.40. The molecule has 2 aromatic carbocycles. The van der Waals surface area contributed by atoms with E-state index in [2.05, 4.69) is 5.32 Å². The Morgan fingerprint density at radius 3 is 2.43 bits per heavy atom. The number of phenolic OH excluding ortho intramolecular Hbond substituents is 1. The highest BCUT2D eigenvalue weighted by atomic mass is 35.5. The van der Waals surface area contributed by atoms with Crippen molar-refractivity contribution in [3.8, 4) is 5.75 Å². The molecule has 2 rings (SSSR count). The molecule has 21 heavy (non-hydrogen) atoms. The zero-order valence-corrected chi connectivity index (χ0v) is 12.1. The molecule has 0 heterocycles. The van der Waals surface area contributed by atoms with E-state index in [0.29, 0.717) is 16.8 Å². The van der Waals surface area contributed by atoms with Crippen LogP contribution in [0.3, 0.4) is 0 Å². The maximum absolute atomic E-state index is 13.7. The van der Waals surface area contributed by atoms with Gasteiger partial charge in [0.15, 0.2) is 0 Å². The second kappa shape index (κ2) is 5.69. The number of hydrogen-bond donors (Lipinski definition) is 2. The SMILES string of the molecule is Cc1cc(NC(=O)c2cc(F)c(Cl)cc2F)c(C)cc1O. The highest BCUT2D eigenvalue weighted by molar-refractivity contribution is 6.30. The van der Waals surface area contributed by atoms with Crippen molar-refractivity contribution in [1.29, 1.82) is 0 Å². The van der Waals surface area contributed by atoms with E-state index < -0.39 is 23.1 Å². The molecular weight excluding hydrogens is 300 g/mol. The number of nitrogens with one attached hydrogen (secondary N) is 1. The molecule has 0 aliphatic carbocycles. The zero-order chi connectivity index (χ0) is 15.7. The largest absolute Gasteiger partial charge is 0.508 e. The fourth-order valence-electron chi connectivity index (χ4n) is 1.82. The van der Waals surface area contributed by atoms with Gasteiger partial charge < -0.3 is 10.4 Å². The quantitative estimate of drug-likeness (QED) is 0.645. The van der Waals surface area contributed by atoms with Gasteiger partial charge in [0.05, 0.1) is 10.6 Å². The molecule has 1 amide bonds. The first-order valence-corrected chi connectivity index (χ1v) is 6.43. The molecule has 0 bridgehead atoms. The highest BCUT2D eigenvalue weighted by Crippen LogP contribution is 2.26. The van der Waals surface area contributed by atoms with Crippen LogP contribution in [0.15, 0.2) is 24.3 Å². The molecule has 6 heteroatoms. The van der Waals surface area contributed by atoms with Crippen molar-refractivity contribution >= 4 is 23.2 Å². The summed E-state index contributed by atoms with van der Waals surface area (Å²) >= 11 is 5.44. The van der Waals surface area contributed by atoms with Gasteiger partial charge in [0.25, 0.3) is 5.91 Å². The smallest absolute Gasteiger partial charge is 0.258 e. The van der Waals surface area contributed by atoms with E-state index in [0.717, 1.165) is 12.1 Å². The number of aryl methyl sites for hydroxylation is 2. The third kappa shape index (κ3) is 3.13. The lowest BCUT2D eigenvalue weighted by Gasteiger charge is -2.11. The molecule has 0 aromatic heterocycles. The Bertz CT molecular complexity index is 732. The Morgan fingerprint density at radius 2 is 1.76 bits per heavy atom. The molecule has 0 aliphatic rings. The van der Waals surface area contributed by atoms with Crippen molar-refractivity contribution in [2.75, 3.05) is 5.32 Å². The minimum atomic E-state index is -0.910. The number of anilines is 1. The number of rotatable bonds is 2.